The highest BCUT2D eigenvalue weighted by molar-refractivity contribution is 6.34. The largest absolute Gasteiger partial charge is 0.0622 e. The quantitative estimate of drug-likeness (QED) is 0.139. The maximum Gasteiger partial charge on any atom is -0.00139 e. The van der Waals surface area contributed by atoms with Crippen molar-refractivity contribution in [3.05, 3.63) is 182 Å². The van der Waals surface area contributed by atoms with Gasteiger partial charge in [0.25, 0.3) is 0 Å². The summed E-state index contributed by atoms with van der Waals surface area (Å²) in [6.07, 6.45) is 0. The van der Waals surface area contributed by atoms with Crippen LogP contribution in [0.5, 0.6) is 0 Å². The van der Waals surface area contributed by atoms with E-state index in [0.717, 1.165) is 0 Å². The van der Waals surface area contributed by atoms with Crippen molar-refractivity contribution in [3.63, 3.8) is 0 Å². The summed E-state index contributed by atoms with van der Waals surface area (Å²) in [7, 11) is 0. The van der Waals surface area contributed by atoms with Gasteiger partial charge in [0.15, 0.2) is 0 Å². The van der Waals surface area contributed by atoms with Crippen LogP contribution in [0.4, 0.5) is 0 Å². The molecular formula is C48H30. The van der Waals surface area contributed by atoms with Gasteiger partial charge in [-0.2, -0.15) is 0 Å². The number of fused-ring (bicyclic) bond motifs is 10. The summed E-state index contributed by atoms with van der Waals surface area (Å²) in [5, 5.41) is 15.4. The topological polar surface area (TPSA) is 0 Å². The molecule has 10 rings (SSSR count). The Bertz CT molecular complexity index is 2880. The molecule has 10 aromatic rings. The van der Waals surface area contributed by atoms with Gasteiger partial charge in [0, 0.05) is 0 Å². The first-order valence-corrected chi connectivity index (χ1v) is 16.7. The summed E-state index contributed by atoms with van der Waals surface area (Å²) in [5.74, 6) is 0. The molecule has 0 bridgehead atoms. The van der Waals surface area contributed by atoms with Crippen LogP contribution in [0.1, 0.15) is 0 Å². The van der Waals surface area contributed by atoms with Crippen molar-refractivity contribution in [1.82, 2.24) is 0 Å². The third-order valence-electron chi connectivity index (χ3n) is 10.2. The Labute approximate surface area is 279 Å². The Kier molecular flexibility index (Phi) is 5.98. The summed E-state index contributed by atoms with van der Waals surface area (Å²) in [5.41, 5.74) is 7.47. The Morgan fingerprint density at radius 3 is 1.58 bits per heavy atom. The van der Waals surface area contributed by atoms with Gasteiger partial charge < -0.3 is 0 Å². The van der Waals surface area contributed by atoms with Crippen LogP contribution in [0.2, 0.25) is 0 Å². The van der Waals surface area contributed by atoms with Crippen LogP contribution in [0.15, 0.2) is 182 Å². The minimum Gasteiger partial charge on any atom is -0.0622 e. The fraction of sp³-hybridized carbons (Fsp3) is 0. The third-order valence-corrected chi connectivity index (χ3v) is 10.2. The molecule has 0 aromatic heterocycles. The van der Waals surface area contributed by atoms with E-state index in [1.165, 1.54) is 98.0 Å². The van der Waals surface area contributed by atoms with Crippen molar-refractivity contribution in [1.29, 1.82) is 0 Å². The lowest BCUT2D eigenvalue weighted by Crippen LogP contribution is -1.94. The first-order valence-electron chi connectivity index (χ1n) is 16.7. The molecule has 0 nitrogen and oxygen atoms in total. The second-order valence-corrected chi connectivity index (χ2v) is 12.8. The van der Waals surface area contributed by atoms with Gasteiger partial charge in [0.2, 0.25) is 0 Å². The first-order chi connectivity index (χ1) is 23.8. The molecule has 0 aliphatic rings. The van der Waals surface area contributed by atoms with E-state index in [0.29, 0.717) is 0 Å². The molecule has 0 aliphatic heterocycles. The molecule has 0 radical (unpaired) electrons. The molecule has 10 aromatic carbocycles. The number of hydrogen-bond donors (Lipinski definition) is 0. The van der Waals surface area contributed by atoms with E-state index in [1.54, 1.807) is 0 Å². The summed E-state index contributed by atoms with van der Waals surface area (Å²) < 4.78 is 0. The summed E-state index contributed by atoms with van der Waals surface area (Å²) >= 11 is 0. The van der Waals surface area contributed by atoms with Gasteiger partial charge >= 0.3 is 0 Å². The van der Waals surface area contributed by atoms with Gasteiger partial charge in [0.1, 0.15) is 0 Å². The molecular weight excluding hydrogens is 577 g/mol. The standard InChI is InChI=1S/C48H30/c1-2-13-31(14-3-1)36-18-8-11-22-40(36)46-44(28-26-35-29-33-16-4-5-17-34(33)30-45(35)46)42-24-12-23-41-38-20-9-10-21-39(38)43-27-25-32-15-6-7-19-37(32)47(43)48(41)42/h1-30H. The predicted molar refractivity (Wildman–Crippen MR) is 208 cm³/mol. The molecule has 0 fully saturated rings. The van der Waals surface area contributed by atoms with E-state index < -0.39 is 0 Å². The van der Waals surface area contributed by atoms with E-state index in [1.807, 2.05) is 0 Å². The highest BCUT2D eigenvalue weighted by Gasteiger charge is 2.20. The second-order valence-electron chi connectivity index (χ2n) is 12.8. The lowest BCUT2D eigenvalue weighted by Gasteiger charge is -2.21. The molecule has 0 heterocycles. The third kappa shape index (κ3) is 4.03. The molecule has 0 N–H and O–H groups in total. The highest BCUT2D eigenvalue weighted by Crippen LogP contribution is 2.48. The molecule has 222 valence electrons. The van der Waals surface area contributed by atoms with Crippen LogP contribution in [0.3, 0.4) is 0 Å². The summed E-state index contributed by atoms with van der Waals surface area (Å²) in [6.45, 7) is 0. The maximum absolute atomic E-state index is 2.40. The van der Waals surface area contributed by atoms with Crippen LogP contribution >= 0.6 is 0 Å². The predicted octanol–water partition coefficient (Wildman–Crippen LogP) is 13.6. The van der Waals surface area contributed by atoms with E-state index in [4.69, 9.17) is 0 Å². The van der Waals surface area contributed by atoms with Gasteiger partial charge in [-0.15, -0.1) is 0 Å². The normalized spacial score (nSPS) is 11.8. The van der Waals surface area contributed by atoms with Crippen molar-refractivity contribution in [3.8, 4) is 33.4 Å². The maximum atomic E-state index is 2.40. The fourth-order valence-corrected chi connectivity index (χ4v) is 8.09. The molecule has 0 spiro atoms. The van der Waals surface area contributed by atoms with Crippen molar-refractivity contribution < 1.29 is 0 Å². The van der Waals surface area contributed by atoms with Crippen LogP contribution in [0, 0.1) is 0 Å². The monoisotopic (exact) mass is 606 g/mol. The highest BCUT2D eigenvalue weighted by atomic mass is 14.2. The molecule has 0 amide bonds. The molecule has 0 saturated heterocycles. The Hall–Kier alpha value is -6.24. The van der Waals surface area contributed by atoms with Gasteiger partial charge in [-0.1, -0.05) is 170 Å². The van der Waals surface area contributed by atoms with Crippen LogP contribution in [-0.2, 0) is 0 Å². The van der Waals surface area contributed by atoms with E-state index >= 15 is 0 Å². The average Bonchev–Trinajstić information content (AvgIpc) is 3.16. The van der Waals surface area contributed by atoms with Crippen molar-refractivity contribution in [2.45, 2.75) is 0 Å². The molecule has 0 atom stereocenters. The number of rotatable bonds is 3. The van der Waals surface area contributed by atoms with E-state index in [-0.39, 0.29) is 0 Å². The molecule has 0 heteroatoms. The van der Waals surface area contributed by atoms with Gasteiger partial charge in [-0.3, -0.25) is 0 Å². The zero-order valence-electron chi connectivity index (χ0n) is 26.3. The van der Waals surface area contributed by atoms with Gasteiger partial charge in [-0.25, -0.2) is 0 Å². The summed E-state index contributed by atoms with van der Waals surface area (Å²) in [4.78, 5) is 0. The van der Waals surface area contributed by atoms with Gasteiger partial charge in [0.05, 0.1) is 0 Å². The number of benzene rings is 10. The first kappa shape index (κ1) is 26.9. The fourth-order valence-electron chi connectivity index (χ4n) is 8.09. The minimum absolute atomic E-state index is 1.22. The van der Waals surface area contributed by atoms with Crippen molar-refractivity contribution in [2.24, 2.45) is 0 Å². The Morgan fingerprint density at radius 1 is 0.229 bits per heavy atom. The number of hydrogen-bond acceptors (Lipinski definition) is 0. The van der Waals surface area contributed by atoms with Crippen LogP contribution < -0.4 is 0 Å². The molecule has 0 aliphatic carbocycles. The van der Waals surface area contributed by atoms with Crippen molar-refractivity contribution >= 4 is 64.6 Å². The van der Waals surface area contributed by atoms with Crippen LogP contribution in [-0.4, -0.2) is 0 Å². The summed E-state index contributed by atoms with van der Waals surface area (Å²) in [6, 6.07) is 67.2. The van der Waals surface area contributed by atoms with Gasteiger partial charge in [-0.05, 0) is 110 Å². The van der Waals surface area contributed by atoms with Crippen molar-refractivity contribution in [2.75, 3.05) is 0 Å². The minimum atomic E-state index is 1.22. The lowest BCUT2D eigenvalue weighted by molar-refractivity contribution is 1.59. The zero-order chi connectivity index (χ0) is 31.6. The van der Waals surface area contributed by atoms with Crippen LogP contribution in [0.25, 0.3) is 98.0 Å². The average molecular weight is 607 g/mol. The Morgan fingerprint density at radius 2 is 0.792 bits per heavy atom. The molecule has 0 saturated carbocycles. The van der Waals surface area contributed by atoms with E-state index in [9.17, 15) is 0 Å². The Balaban J connectivity index is 1.42. The SMILES string of the molecule is c1ccc(-c2ccccc2-c2c(-c3cccc4c5ccccc5c5ccc6ccccc6c5c34)ccc3cc4ccccc4cc23)cc1. The molecule has 0 unspecified atom stereocenters. The second kappa shape index (κ2) is 10.7. The van der Waals surface area contributed by atoms with E-state index in [2.05, 4.69) is 182 Å². The molecule has 48 heavy (non-hydrogen) atoms. The lowest BCUT2D eigenvalue weighted by atomic mass is 9.82. The smallest absolute Gasteiger partial charge is 0.00139 e. The zero-order valence-corrected chi connectivity index (χ0v) is 26.3.